The molecule has 2 aromatic heterocycles. The maximum Gasteiger partial charge on any atom is 0.400 e. The lowest BCUT2D eigenvalue weighted by molar-refractivity contribution is -0.501. The highest BCUT2D eigenvalue weighted by Crippen LogP contribution is 2.38. The maximum atomic E-state index is 5.06. The van der Waals surface area contributed by atoms with E-state index >= 15 is 0 Å². The van der Waals surface area contributed by atoms with E-state index in [4.69, 9.17) is 9.40 Å². The van der Waals surface area contributed by atoms with Crippen molar-refractivity contribution in [3.63, 3.8) is 0 Å². The molecule has 10 aromatic rings. The van der Waals surface area contributed by atoms with Crippen molar-refractivity contribution in [1.82, 2.24) is 4.98 Å². The Kier molecular flexibility index (Phi) is 8.12. The number of benzene rings is 8. The molecule has 0 radical (unpaired) electrons. The molecule has 0 aliphatic heterocycles. The van der Waals surface area contributed by atoms with Gasteiger partial charge in [-0.05, 0) is 93.0 Å². The van der Waals surface area contributed by atoms with Crippen LogP contribution in [0.5, 0.6) is 0 Å². The van der Waals surface area contributed by atoms with E-state index in [0.29, 0.717) is 0 Å². The number of H-pyrrole nitrogens is 2. The lowest BCUT2D eigenvalue weighted by Gasteiger charge is -2.08. The first-order valence-corrected chi connectivity index (χ1v) is 18.6. The normalized spacial score (nSPS) is 11.3. The van der Waals surface area contributed by atoms with Crippen LogP contribution in [0, 0.1) is 0 Å². The minimum absolute atomic E-state index is 0.793. The van der Waals surface area contributed by atoms with Gasteiger partial charge in [0.2, 0.25) is 0 Å². The fourth-order valence-electron chi connectivity index (χ4n) is 7.52. The highest BCUT2D eigenvalue weighted by molar-refractivity contribution is 6.12. The van der Waals surface area contributed by atoms with E-state index in [9.17, 15) is 0 Å². The topological polar surface area (TPSA) is 54.0 Å². The predicted molar refractivity (Wildman–Crippen MR) is 224 cm³/mol. The Hall–Kier alpha value is -7.43. The molecule has 0 saturated carbocycles. The summed E-state index contributed by atoms with van der Waals surface area (Å²) in [5, 5.41) is 2.21. The second-order valence-electron chi connectivity index (χ2n) is 13.8. The summed E-state index contributed by atoms with van der Waals surface area (Å²) in [6.07, 6.45) is 0. The fourth-order valence-corrected chi connectivity index (χ4v) is 7.52. The van der Waals surface area contributed by atoms with Gasteiger partial charge >= 0.3 is 17.5 Å². The van der Waals surface area contributed by atoms with Crippen LogP contribution in [0.4, 0.5) is 0 Å². The molecular weight excluding hydrogens is 671 g/mol. The molecule has 0 fully saturated rings. The quantitative estimate of drug-likeness (QED) is 0.152. The summed E-state index contributed by atoms with van der Waals surface area (Å²) in [5.41, 5.74) is 14.5. The number of nitrogens with one attached hydrogen (secondary N) is 2. The van der Waals surface area contributed by atoms with Crippen molar-refractivity contribution in [1.29, 1.82) is 0 Å². The molecule has 4 heteroatoms. The molecule has 3 N–H and O–H groups in total. The number of rotatable bonds is 7. The number of hydrogen-bond acceptors (Lipinski definition) is 1. The van der Waals surface area contributed by atoms with Crippen molar-refractivity contribution < 1.29 is 14.4 Å². The van der Waals surface area contributed by atoms with Crippen LogP contribution in [0.15, 0.2) is 205 Å². The number of nitrogens with zero attached hydrogens (tertiary/aromatic N) is 1. The summed E-state index contributed by atoms with van der Waals surface area (Å²) in [6, 6.07) is 70.5. The first-order chi connectivity index (χ1) is 27.2. The number of aromatic amines is 2. The Morgan fingerprint density at radius 3 is 1.29 bits per heavy atom. The second kappa shape index (κ2) is 13.8. The monoisotopic (exact) mass is 706 g/mol. The lowest BCUT2D eigenvalue weighted by Crippen LogP contribution is -2.28. The standard InChI is InChI=1S/C51H33N3O/c1-4-12-34(13-5-1)41-18-10-19-42(32-41)37-26-22-35(23-27-37)36-24-28-38(29-25-36)43-30-31-46-45(33-43)48-44(20-11-21-47(48)55-46)51-53-49(39-14-6-2-7-15-39)52-50(54-51)40-16-8-3-9-17-40/h1-33H/p+3. The highest BCUT2D eigenvalue weighted by atomic mass is 16.3. The molecule has 0 unspecified atom stereocenters. The van der Waals surface area contributed by atoms with E-state index in [-0.39, 0.29) is 0 Å². The molecule has 2 heterocycles. The average Bonchev–Trinajstić information content (AvgIpc) is 3.66. The molecule has 0 saturated heterocycles. The molecular formula is C51H36N3O+3. The molecule has 0 aliphatic carbocycles. The van der Waals surface area contributed by atoms with Gasteiger partial charge in [-0.2, -0.15) is 9.97 Å². The van der Waals surface area contributed by atoms with Crippen LogP contribution in [0.3, 0.4) is 0 Å². The van der Waals surface area contributed by atoms with E-state index in [1.165, 1.54) is 33.4 Å². The zero-order valence-corrected chi connectivity index (χ0v) is 29.9. The summed E-state index contributed by atoms with van der Waals surface area (Å²) in [6.45, 7) is 0. The van der Waals surface area contributed by atoms with Crippen LogP contribution < -0.4 is 9.97 Å². The van der Waals surface area contributed by atoms with Crippen LogP contribution in [0.2, 0.25) is 0 Å². The van der Waals surface area contributed by atoms with Crippen molar-refractivity contribution in [3.05, 3.63) is 200 Å². The molecule has 55 heavy (non-hydrogen) atoms. The molecule has 0 atom stereocenters. The van der Waals surface area contributed by atoms with Gasteiger partial charge in [0.05, 0.1) is 27.1 Å². The zero-order valence-electron chi connectivity index (χ0n) is 29.9. The first kappa shape index (κ1) is 32.2. The third kappa shape index (κ3) is 6.26. The van der Waals surface area contributed by atoms with E-state index < -0.39 is 0 Å². The predicted octanol–water partition coefficient (Wildman–Crippen LogP) is 12.4. The molecule has 0 amide bonds. The van der Waals surface area contributed by atoms with Crippen LogP contribution in [-0.4, -0.2) is 4.98 Å². The van der Waals surface area contributed by atoms with Crippen LogP contribution in [-0.2, 0) is 0 Å². The SMILES string of the molecule is c1ccc(-c2cccc(-c3ccc(-c4ccc(-c5ccc6[oH+]c7cccc(-c8[nH+]c(-c9ccccc9)nc(-c9ccccc9)[nH+]8)c7c6c5)cc4)cc3)c2)cc1. The van der Waals surface area contributed by atoms with Crippen molar-refractivity contribution in [2.75, 3.05) is 0 Å². The minimum Gasteiger partial charge on any atom is -0.545 e. The van der Waals surface area contributed by atoms with Crippen LogP contribution >= 0.6 is 0 Å². The molecule has 0 aliphatic rings. The number of fused-ring (bicyclic) bond motifs is 3. The van der Waals surface area contributed by atoms with E-state index in [1.807, 2.05) is 36.4 Å². The smallest absolute Gasteiger partial charge is 0.400 e. The minimum atomic E-state index is 0.793. The molecule has 0 bridgehead atoms. The van der Waals surface area contributed by atoms with Gasteiger partial charge in [-0.3, -0.25) is 0 Å². The second-order valence-corrected chi connectivity index (χ2v) is 13.8. The Morgan fingerprint density at radius 2 is 0.745 bits per heavy atom. The Labute approximate surface area is 319 Å². The van der Waals surface area contributed by atoms with Crippen molar-refractivity contribution in [2.24, 2.45) is 0 Å². The summed E-state index contributed by atoms with van der Waals surface area (Å²) >= 11 is 0. The largest absolute Gasteiger partial charge is 0.545 e. The van der Waals surface area contributed by atoms with Gasteiger partial charge in [-0.1, -0.05) is 140 Å². The lowest BCUT2D eigenvalue weighted by atomic mass is 9.96. The third-order valence-corrected chi connectivity index (χ3v) is 10.4. The third-order valence-electron chi connectivity index (χ3n) is 10.4. The molecule has 0 spiro atoms. The van der Waals surface area contributed by atoms with Gasteiger partial charge in [0, 0.05) is 12.1 Å². The van der Waals surface area contributed by atoms with Crippen molar-refractivity contribution in [2.45, 2.75) is 0 Å². The summed E-state index contributed by atoms with van der Waals surface area (Å²) in [5.74, 6) is 2.46. The van der Waals surface area contributed by atoms with Gasteiger partial charge in [0.25, 0.3) is 11.2 Å². The summed E-state index contributed by atoms with van der Waals surface area (Å²) < 4.78 is 5.06. The average molecular weight is 707 g/mol. The van der Waals surface area contributed by atoms with Crippen LogP contribution in [0.25, 0.3) is 101 Å². The molecule has 4 nitrogen and oxygen atoms in total. The van der Waals surface area contributed by atoms with Gasteiger partial charge in [-0.15, -0.1) is 0 Å². The Balaban J connectivity index is 0.987. The first-order valence-electron chi connectivity index (χ1n) is 18.6. The van der Waals surface area contributed by atoms with Crippen molar-refractivity contribution in [3.8, 4) is 78.7 Å². The van der Waals surface area contributed by atoms with Crippen LogP contribution in [0.1, 0.15) is 0 Å². The maximum absolute atomic E-state index is 5.06. The summed E-state index contributed by atoms with van der Waals surface area (Å²) in [7, 11) is 0. The summed E-state index contributed by atoms with van der Waals surface area (Å²) in [4.78, 5) is 12.3. The van der Waals surface area contributed by atoms with Crippen molar-refractivity contribution >= 4 is 21.9 Å². The molecule has 10 rings (SSSR count). The van der Waals surface area contributed by atoms with E-state index in [2.05, 4.69) is 174 Å². The Morgan fingerprint density at radius 1 is 0.327 bits per heavy atom. The molecule has 258 valence electrons. The number of hydrogen-bond donors (Lipinski definition) is 0. The van der Waals surface area contributed by atoms with Gasteiger partial charge in [0.15, 0.2) is 0 Å². The van der Waals surface area contributed by atoms with Gasteiger partial charge in [0.1, 0.15) is 5.39 Å². The van der Waals surface area contributed by atoms with Gasteiger partial charge in [-0.25, -0.2) is 0 Å². The van der Waals surface area contributed by atoms with E-state index in [1.54, 1.807) is 0 Å². The zero-order chi connectivity index (χ0) is 36.6. The van der Waals surface area contributed by atoms with E-state index in [0.717, 1.165) is 67.2 Å². The number of aromatic nitrogens is 3. The van der Waals surface area contributed by atoms with Gasteiger partial charge < -0.3 is 4.42 Å². The fraction of sp³-hybridized carbons (Fsp3) is 0. The number of furan rings is 1. The highest BCUT2D eigenvalue weighted by Gasteiger charge is 2.29. The Bertz CT molecular complexity index is 2880. The molecule has 8 aromatic carbocycles.